The molecule has 13 heteroatoms. The molecule has 0 aliphatic carbocycles. The number of esters is 1. The zero-order valence-corrected chi connectivity index (χ0v) is 23.1. The number of nitro groups is 1. The zero-order valence-electron chi connectivity index (χ0n) is 20.7. The van der Waals surface area contributed by atoms with Crippen molar-refractivity contribution in [1.82, 2.24) is 4.57 Å². The average molecular weight is 604 g/mol. The number of allylic oxidation sites excluding steroid dienone is 1. The van der Waals surface area contributed by atoms with E-state index in [0.29, 0.717) is 32.0 Å². The van der Waals surface area contributed by atoms with Crippen LogP contribution in [0.25, 0.3) is 6.08 Å². The molecule has 38 heavy (non-hydrogen) atoms. The minimum absolute atomic E-state index is 0.0923. The number of fused-ring (bicyclic) bond motifs is 1. The summed E-state index contributed by atoms with van der Waals surface area (Å²) in [5, 5.41) is 21.7. The molecule has 4 rings (SSSR count). The van der Waals surface area contributed by atoms with Gasteiger partial charge in [-0.15, -0.1) is 0 Å². The average Bonchev–Trinajstić information content (AvgIpc) is 3.18. The van der Waals surface area contributed by atoms with Gasteiger partial charge in [0.2, 0.25) is 5.75 Å². The third kappa shape index (κ3) is 4.70. The normalized spacial score (nSPS) is 15.1. The van der Waals surface area contributed by atoms with E-state index in [1.165, 1.54) is 37.0 Å². The maximum atomic E-state index is 13.8. The summed E-state index contributed by atoms with van der Waals surface area (Å²) in [5.74, 6) is -0.376. The Kier molecular flexibility index (Phi) is 7.69. The largest absolute Gasteiger partial charge is 0.502 e. The molecule has 1 aliphatic rings. The summed E-state index contributed by atoms with van der Waals surface area (Å²) in [6, 6.07) is 6.42. The van der Waals surface area contributed by atoms with Crippen molar-refractivity contribution in [2.75, 3.05) is 20.8 Å². The van der Waals surface area contributed by atoms with Crippen molar-refractivity contribution in [2.45, 2.75) is 19.9 Å². The van der Waals surface area contributed by atoms with E-state index < -0.39 is 33.9 Å². The number of carbonyl (C=O) groups excluding carboxylic acids is 1. The first kappa shape index (κ1) is 27.1. The molecule has 0 spiro atoms. The number of nitro benzene ring substituents is 1. The predicted octanol–water partition coefficient (Wildman–Crippen LogP) is 3.19. The van der Waals surface area contributed by atoms with Crippen LogP contribution in [0, 0.1) is 10.1 Å². The molecule has 1 aromatic heterocycles. The van der Waals surface area contributed by atoms with Gasteiger partial charge in [-0.3, -0.25) is 19.5 Å². The number of nitrogens with zero attached hydrogens (tertiary/aromatic N) is 3. The number of hydrogen-bond acceptors (Lipinski definition) is 10. The molecule has 11 nitrogen and oxygen atoms in total. The lowest BCUT2D eigenvalue weighted by Crippen LogP contribution is -2.40. The number of rotatable bonds is 7. The van der Waals surface area contributed by atoms with Crippen molar-refractivity contribution in [3.8, 4) is 17.2 Å². The molecule has 1 aliphatic heterocycles. The maximum absolute atomic E-state index is 13.8. The summed E-state index contributed by atoms with van der Waals surface area (Å²) in [7, 11) is 2.96. The van der Waals surface area contributed by atoms with Crippen molar-refractivity contribution in [3.63, 3.8) is 0 Å². The Morgan fingerprint density at radius 2 is 1.97 bits per heavy atom. The van der Waals surface area contributed by atoms with Crippen molar-refractivity contribution >= 4 is 45.0 Å². The minimum atomic E-state index is -0.944. The van der Waals surface area contributed by atoms with Gasteiger partial charge < -0.3 is 19.3 Å². The second-order valence-corrected chi connectivity index (χ2v) is 9.87. The van der Waals surface area contributed by atoms with Crippen LogP contribution in [0.5, 0.6) is 17.2 Å². The smallest absolute Gasteiger partial charge is 0.338 e. The fraction of sp³-hybridized carbons (Fsp3) is 0.240. The number of ether oxygens (including phenoxy) is 3. The number of methoxy groups -OCH3 is 2. The summed E-state index contributed by atoms with van der Waals surface area (Å²) in [5.41, 5.74) is 0.137. The maximum Gasteiger partial charge on any atom is 0.338 e. The van der Waals surface area contributed by atoms with Gasteiger partial charge in [-0.05, 0) is 37.6 Å². The Morgan fingerprint density at radius 3 is 2.61 bits per heavy atom. The van der Waals surface area contributed by atoms with E-state index >= 15 is 0 Å². The molecular formula is C25H22BrN3O8S. The minimum Gasteiger partial charge on any atom is -0.502 e. The highest BCUT2D eigenvalue weighted by molar-refractivity contribution is 9.10. The van der Waals surface area contributed by atoms with E-state index in [9.17, 15) is 24.8 Å². The van der Waals surface area contributed by atoms with Crippen molar-refractivity contribution in [1.29, 1.82) is 0 Å². The van der Waals surface area contributed by atoms with E-state index in [-0.39, 0.29) is 22.3 Å². The molecule has 198 valence electrons. The van der Waals surface area contributed by atoms with Gasteiger partial charge in [0.1, 0.15) is 0 Å². The Bertz CT molecular complexity index is 1670. The highest BCUT2D eigenvalue weighted by Gasteiger charge is 2.35. The van der Waals surface area contributed by atoms with Gasteiger partial charge >= 0.3 is 11.7 Å². The number of para-hydroxylation sites is 1. The Labute approximate surface area is 228 Å². The summed E-state index contributed by atoms with van der Waals surface area (Å²) in [4.78, 5) is 42.2. The molecule has 0 radical (unpaired) electrons. The van der Waals surface area contributed by atoms with Crippen molar-refractivity contribution in [3.05, 3.63) is 87.0 Å². The zero-order chi connectivity index (χ0) is 27.7. The summed E-state index contributed by atoms with van der Waals surface area (Å²) >= 11 is 4.56. The van der Waals surface area contributed by atoms with E-state index in [2.05, 4.69) is 20.9 Å². The lowest BCUT2D eigenvalue weighted by Gasteiger charge is -2.26. The number of thiazole rings is 1. The number of benzene rings is 2. The number of carbonyl (C=O) groups is 1. The van der Waals surface area contributed by atoms with Gasteiger partial charge in [-0.1, -0.05) is 39.4 Å². The fourth-order valence-corrected chi connectivity index (χ4v) is 5.70. The van der Waals surface area contributed by atoms with E-state index in [4.69, 9.17) is 14.2 Å². The molecule has 1 unspecified atom stereocenters. The Hall–Kier alpha value is -3.97. The fourth-order valence-electron chi connectivity index (χ4n) is 4.12. The molecule has 0 fully saturated rings. The van der Waals surface area contributed by atoms with Crippen molar-refractivity contribution < 1.29 is 29.0 Å². The van der Waals surface area contributed by atoms with Gasteiger partial charge in [-0.25, -0.2) is 9.79 Å². The third-order valence-electron chi connectivity index (χ3n) is 5.84. The lowest BCUT2D eigenvalue weighted by atomic mass is 9.95. The molecule has 1 N–H and O–H groups in total. The van der Waals surface area contributed by atoms with Crippen LogP contribution in [0.3, 0.4) is 0 Å². The van der Waals surface area contributed by atoms with Crippen molar-refractivity contribution in [2.24, 2.45) is 4.99 Å². The topological polar surface area (TPSA) is 142 Å². The summed E-state index contributed by atoms with van der Waals surface area (Å²) in [6.45, 7) is 3.44. The molecule has 0 amide bonds. The molecule has 0 saturated heterocycles. The molecule has 0 bridgehead atoms. The standard InChI is InChI=1S/C25H22BrN3O8S/c1-5-37-24(32)20-12(2)27-25-28(21(20)14-10-17(35-3)18(36-4)11-15(14)26)23(31)19(38-25)9-13-7-6-8-16(22(13)30)29(33)34/h6-11,21,30H,5H2,1-4H3/b19-9+. The number of halogens is 1. The first-order chi connectivity index (χ1) is 18.1. The molecular weight excluding hydrogens is 582 g/mol. The first-order valence-corrected chi connectivity index (χ1v) is 12.8. The van der Waals surface area contributed by atoms with Gasteiger partial charge in [-0.2, -0.15) is 0 Å². The molecule has 1 atom stereocenters. The SMILES string of the molecule is CCOC(=O)C1=C(C)N=c2s/c(=C/c3cccc([N+](=O)[O-])c3O)c(=O)n2C1c1cc(OC)c(OC)cc1Br. The number of aromatic hydroxyl groups is 1. The van der Waals surface area contributed by atoms with E-state index in [0.717, 1.165) is 17.4 Å². The number of hydrogen-bond donors (Lipinski definition) is 1. The van der Waals surface area contributed by atoms with Crippen LogP contribution in [0.4, 0.5) is 5.69 Å². The molecule has 2 aromatic carbocycles. The Balaban J connectivity index is 2.02. The highest BCUT2D eigenvalue weighted by atomic mass is 79.9. The quantitative estimate of drug-likeness (QED) is 0.246. The van der Waals surface area contributed by atoms with Gasteiger partial charge in [0.25, 0.3) is 5.56 Å². The summed E-state index contributed by atoms with van der Waals surface area (Å²) in [6.07, 6.45) is 1.36. The molecule has 3 aromatic rings. The van der Waals surface area contributed by atoms with Gasteiger partial charge in [0.05, 0.1) is 47.6 Å². The highest BCUT2D eigenvalue weighted by Crippen LogP contribution is 2.40. The van der Waals surface area contributed by atoms with Gasteiger partial charge in [0.15, 0.2) is 16.3 Å². The van der Waals surface area contributed by atoms with Crippen LogP contribution in [-0.4, -0.2) is 41.4 Å². The lowest BCUT2D eigenvalue weighted by molar-refractivity contribution is -0.385. The third-order valence-corrected chi connectivity index (χ3v) is 7.51. The van der Waals surface area contributed by atoms with Crippen LogP contribution < -0.4 is 24.4 Å². The number of phenols is 1. The monoisotopic (exact) mass is 603 g/mol. The van der Waals surface area contributed by atoms with Crippen LogP contribution in [0.1, 0.15) is 31.0 Å². The van der Waals surface area contributed by atoms with Crippen LogP contribution in [0.15, 0.2) is 55.9 Å². The second kappa shape index (κ2) is 10.8. The van der Waals surface area contributed by atoms with Crippen LogP contribution >= 0.6 is 27.3 Å². The molecule has 0 saturated carbocycles. The predicted molar refractivity (Wildman–Crippen MR) is 142 cm³/mol. The van der Waals surface area contributed by atoms with E-state index in [1.807, 2.05) is 0 Å². The van der Waals surface area contributed by atoms with E-state index in [1.54, 1.807) is 26.0 Å². The first-order valence-electron chi connectivity index (χ1n) is 11.2. The molecule has 2 heterocycles. The second-order valence-electron chi connectivity index (χ2n) is 8.00. The van der Waals surface area contributed by atoms with Crippen LogP contribution in [-0.2, 0) is 9.53 Å². The number of aromatic nitrogens is 1. The summed E-state index contributed by atoms with van der Waals surface area (Å²) < 4.78 is 18.2. The van der Waals surface area contributed by atoms with Crippen LogP contribution in [0.2, 0.25) is 0 Å². The Morgan fingerprint density at radius 1 is 1.29 bits per heavy atom. The van der Waals surface area contributed by atoms with Gasteiger partial charge in [0, 0.05) is 16.1 Å². The number of phenolic OH excluding ortho intramolecular Hbond substituents is 1.